The first-order valence-corrected chi connectivity index (χ1v) is 20.5. The molecule has 0 N–H and O–H groups in total. The van der Waals surface area contributed by atoms with Gasteiger partial charge in [-0.3, -0.25) is 0 Å². The third-order valence-corrected chi connectivity index (χ3v) is 11.3. The van der Waals surface area contributed by atoms with E-state index in [2.05, 4.69) is 206 Å². The Bertz CT molecular complexity index is 3240. The van der Waals surface area contributed by atoms with Crippen LogP contribution in [0.25, 0.3) is 112 Å². The quantitative estimate of drug-likeness (QED) is 0.154. The zero-order valence-corrected chi connectivity index (χ0v) is 33.1. The summed E-state index contributed by atoms with van der Waals surface area (Å²) >= 11 is 0. The van der Waals surface area contributed by atoms with E-state index < -0.39 is 0 Å². The van der Waals surface area contributed by atoms with Gasteiger partial charge in [-0.15, -0.1) is 0 Å². The highest BCUT2D eigenvalue weighted by Gasteiger charge is 2.19. The standard InChI is InChI=1S/C57H37N3O/c1-5-17-38(18-6-1)42-25-13-28-45(33-42)55-58-56(46-29-14-26-43(34-46)39-19-7-2-8-20-39)60-57(59-55)47-30-15-27-44(35-47)49-31-16-32-50-53-51(41-23-11-4-12-24-41)36-48(37-52(53)61-54(49)50)40-21-9-3-10-22-40/h1-37H. The molecule has 9 aromatic carbocycles. The van der Waals surface area contributed by atoms with E-state index in [0.717, 1.165) is 94.3 Å². The van der Waals surface area contributed by atoms with Crippen molar-refractivity contribution in [3.05, 3.63) is 224 Å². The largest absolute Gasteiger partial charge is 0.455 e. The van der Waals surface area contributed by atoms with Crippen molar-refractivity contribution in [2.75, 3.05) is 0 Å². The van der Waals surface area contributed by atoms with Gasteiger partial charge in [0.2, 0.25) is 0 Å². The Morgan fingerprint density at radius 2 is 0.656 bits per heavy atom. The SMILES string of the molecule is c1ccc(-c2cccc(-c3nc(-c4cccc(-c5ccccc5)c4)nc(-c4cccc(-c5cccc6c5oc5cc(-c7ccccc7)cc(-c7ccccc7)c56)c4)n3)c2)cc1. The second kappa shape index (κ2) is 15.5. The Kier molecular flexibility index (Phi) is 9.14. The molecule has 4 nitrogen and oxygen atoms in total. The molecule has 4 heteroatoms. The smallest absolute Gasteiger partial charge is 0.164 e. The number of para-hydroxylation sites is 1. The molecule has 0 fully saturated rings. The van der Waals surface area contributed by atoms with Crippen molar-refractivity contribution in [1.82, 2.24) is 15.0 Å². The van der Waals surface area contributed by atoms with Gasteiger partial charge in [0.15, 0.2) is 17.5 Å². The van der Waals surface area contributed by atoms with Crippen LogP contribution >= 0.6 is 0 Å². The van der Waals surface area contributed by atoms with E-state index in [9.17, 15) is 0 Å². The number of rotatable bonds is 8. The van der Waals surface area contributed by atoms with Gasteiger partial charge >= 0.3 is 0 Å². The van der Waals surface area contributed by atoms with Gasteiger partial charge in [-0.05, 0) is 80.4 Å². The van der Waals surface area contributed by atoms with Crippen molar-refractivity contribution in [2.24, 2.45) is 0 Å². The summed E-state index contributed by atoms with van der Waals surface area (Å²) in [6, 6.07) is 78.0. The molecule has 0 aliphatic carbocycles. The number of nitrogens with zero attached hydrogens (tertiary/aromatic N) is 3. The van der Waals surface area contributed by atoms with Gasteiger partial charge < -0.3 is 4.42 Å². The van der Waals surface area contributed by atoms with Crippen molar-refractivity contribution in [2.45, 2.75) is 0 Å². The summed E-state index contributed by atoms with van der Waals surface area (Å²) in [5.74, 6) is 1.80. The van der Waals surface area contributed by atoms with E-state index in [1.807, 2.05) is 18.2 Å². The van der Waals surface area contributed by atoms with Crippen LogP contribution < -0.4 is 0 Å². The molecule has 0 saturated heterocycles. The lowest BCUT2D eigenvalue weighted by atomic mass is 9.93. The number of benzene rings is 9. The molecule has 0 unspecified atom stereocenters. The van der Waals surface area contributed by atoms with Crippen molar-refractivity contribution in [1.29, 1.82) is 0 Å². The van der Waals surface area contributed by atoms with Crippen LogP contribution in [0.5, 0.6) is 0 Å². The summed E-state index contributed by atoms with van der Waals surface area (Å²) in [7, 11) is 0. The molecule has 0 aliphatic rings. The first kappa shape index (κ1) is 35.9. The van der Waals surface area contributed by atoms with E-state index in [-0.39, 0.29) is 0 Å². The Morgan fingerprint density at radius 3 is 1.16 bits per heavy atom. The van der Waals surface area contributed by atoms with Gasteiger partial charge in [0, 0.05) is 33.0 Å². The van der Waals surface area contributed by atoms with Crippen LogP contribution in [0.4, 0.5) is 0 Å². The van der Waals surface area contributed by atoms with Crippen LogP contribution in [0.3, 0.4) is 0 Å². The fourth-order valence-corrected chi connectivity index (χ4v) is 8.32. The van der Waals surface area contributed by atoms with Crippen molar-refractivity contribution in [3.63, 3.8) is 0 Å². The highest BCUT2D eigenvalue weighted by molar-refractivity contribution is 6.16. The summed E-state index contributed by atoms with van der Waals surface area (Å²) in [6.07, 6.45) is 0. The zero-order chi connectivity index (χ0) is 40.5. The maximum atomic E-state index is 6.92. The molecule has 0 amide bonds. The van der Waals surface area contributed by atoms with Gasteiger partial charge in [-0.2, -0.15) is 0 Å². The molecule has 0 radical (unpaired) electrons. The predicted molar refractivity (Wildman–Crippen MR) is 251 cm³/mol. The molecular formula is C57H37N3O. The fourth-order valence-electron chi connectivity index (χ4n) is 8.32. The molecule has 0 spiro atoms. The summed E-state index contributed by atoms with van der Waals surface area (Å²) in [6.45, 7) is 0. The third kappa shape index (κ3) is 6.96. The van der Waals surface area contributed by atoms with Gasteiger partial charge in [0.1, 0.15) is 11.2 Å². The number of fused-ring (bicyclic) bond motifs is 3. The van der Waals surface area contributed by atoms with Crippen molar-refractivity contribution in [3.8, 4) is 89.8 Å². The summed E-state index contributed by atoms with van der Waals surface area (Å²) in [5, 5.41) is 2.17. The summed E-state index contributed by atoms with van der Waals surface area (Å²) in [5.41, 5.74) is 15.4. The third-order valence-electron chi connectivity index (χ3n) is 11.3. The lowest BCUT2D eigenvalue weighted by Gasteiger charge is -2.11. The van der Waals surface area contributed by atoms with Gasteiger partial charge in [-0.25, -0.2) is 15.0 Å². The molecule has 0 atom stereocenters. The normalized spacial score (nSPS) is 11.3. The molecule has 0 saturated carbocycles. The minimum Gasteiger partial charge on any atom is -0.455 e. The molecule has 0 bridgehead atoms. The van der Waals surface area contributed by atoms with Gasteiger partial charge in [0.05, 0.1) is 0 Å². The predicted octanol–water partition coefficient (Wildman–Crippen LogP) is 15.1. The molecule has 61 heavy (non-hydrogen) atoms. The van der Waals surface area contributed by atoms with Crippen LogP contribution in [0.2, 0.25) is 0 Å². The number of aromatic nitrogens is 3. The first-order valence-electron chi connectivity index (χ1n) is 20.5. The Labute approximate surface area is 354 Å². The minimum absolute atomic E-state index is 0.590. The van der Waals surface area contributed by atoms with Gasteiger partial charge in [-0.1, -0.05) is 194 Å². The Balaban J connectivity index is 1.07. The second-order valence-corrected chi connectivity index (χ2v) is 15.2. The Morgan fingerprint density at radius 1 is 0.262 bits per heavy atom. The van der Waals surface area contributed by atoms with Gasteiger partial charge in [0.25, 0.3) is 0 Å². The van der Waals surface area contributed by atoms with Crippen LogP contribution in [0.1, 0.15) is 0 Å². The van der Waals surface area contributed by atoms with Crippen LogP contribution in [0, 0.1) is 0 Å². The fraction of sp³-hybridized carbons (Fsp3) is 0. The molecule has 0 aliphatic heterocycles. The van der Waals surface area contributed by atoms with E-state index in [1.165, 1.54) is 0 Å². The highest BCUT2D eigenvalue weighted by atomic mass is 16.3. The molecule has 11 aromatic rings. The van der Waals surface area contributed by atoms with Crippen LogP contribution in [0.15, 0.2) is 229 Å². The number of hydrogen-bond acceptors (Lipinski definition) is 4. The van der Waals surface area contributed by atoms with E-state index in [1.54, 1.807) is 0 Å². The minimum atomic E-state index is 0.590. The molecule has 2 aromatic heterocycles. The van der Waals surface area contributed by atoms with E-state index >= 15 is 0 Å². The molecule has 2 heterocycles. The number of hydrogen-bond donors (Lipinski definition) is 0. The topological polar surface area (TPSA) is 51.8 Å². The van der Waals surface area contributed by atoms with Crippen molar-refractivity contribution >= 4 is 21.9 Å². The molecule has 286 valence electrons. The Hall–Kier alpha value is -8.21. The molecular weight excluding hydrogens is 743 g/mol. The van der Waals surface area contributed by atoms with E-state index in [4.69, 9.17) is 19.4 Å². The monoisotopic (exact) mass is 779 g/mol. The lowest BCUT2D eigenvalue weighted by Crippen LogP contribution is -2.00. The van der Waals surface area contributed by atoms with Crippen LogP contribution in [-0.4, -0.2) is 15.0 Å². The summed E-state index contributed by atoms with van der Waals surface area (Å²) < 4.78 is 6.92. The zero-order valence-electron chi connectivity index (χ0n) is 33.1. The first-order chi connectivity index (χ1) is 30.2. The van der Waals surface area contributed by atoms with Crippen LogP contribution in [-0.2, 0) is 0 Å². The lowest BCUT2D eigenvalue weighted by molar-refractivity contribution is 0.670. The maximum absolute atomic E-state index is 6.92. The summed E-state index contributed by atoms with van der Waals surface area (Å²) in [4.78, 5) is 15.5. The maximum Gasteiger partial charge on any atom is 0.164 e. The molecule has 11 rings (SSSR count). The van der Waals surface area contributed by atoms with Crippen molar-refractivity contribution < 1.29 is 4.42 Å². The van der Waals surface area contributed by atoms with E-state index in [0.29, 0.717) is 17.5 Å². The second-order valence-electron chi connectivity index (χ2n) is 15.2. The number of furan rings is 1. The average molecular weight is 780 g/mol. The highest BCUT2D eigenvalue weighted by Crippen LogP contribution is 2.43. The average Bonchev–Trinajstić information content (AvgIpc) is 3.74.